The number of rotatable bonds is 9. The van der Waals surface area contributed by atoms with Crippen molar-refractivity contribution in [2.45, 2.75) is 31.8 Å². The molecule has 1 aromatic heterocycles. The van der Waals surface area contributed by atoms with Crippen molar-refractivity contribution in [1.82, 2.24) is 15.2 Å². The quantitative estimate of drug-likeness (QED) is 0.479. The summed E-state index contributed by atoms with van der Waals surface area (Å²) < 4.78 is 11.1. The number of benzene rings is 2. The van der Waals surface area contributed by atoms with Crippen LogP contribution >= 0.6 is 0 Å². The van der Waals surface area contributed by atoms with Crippen molar-refractivity contribution in [2.24, 2.45) is 0 Å². The molecule has 0 spiro atoms. The smallest absolute Gasteiger partial charge is 0.255 e. The number of hydrogen-bond donors (Lipinski definition) is 1. The summed E-state index contributed by atoms with van der Waals surface area (Å²) in [4.78, 5) is 22.4. The average Bonchev–Trinajstić information content (AvgIpc) is 3.28. The molecule has 190 valence electrons. The Hall–Kier alpha value is -3.58. The second-order valence-corrected chi connectivity index (χ2v) is 9.35. The Morgan fingerprint density at radius 3 is 2.56 bits per heavy atom. The Balaban J connectivity index is 0.00000320. The highest BCUT2D eigenvalue weighted by Crippen LogP contribution is 2.40. The topological polar surface area (TPSA) is 66.9 Å². The minimum atomic E-state index is -0.0672. The lowest BCUT2D eigenvalue weighted by Crippen LogP contribution is -2.43. The minimum absolute atomic E-state index is 0. The van der Waals surface area contributed by atoms with E-state index < -0.39 is 0 Å². The number of amides is 1. The number of methoxy groups -OCH3 is 2. The number of anilines is 1. The van der Waals surface area contributed by atoms with E-state index in [4.69, 9.17) is 9.47 Å². The average molecular weight is 489 g/mol. The number of nitrogens with one attached hydrogen (secondary N) is 1. The monoisotopic (exact) mass is 488 g/mol. The summed E-state index contributed by atoms with van der Waals surface area (Å²) in [7, 11) is 3.29. The number of carbonyl (C=O) groups excluding carboxylic acids is 1. The molecule has 3 heterocycles. The van der Waals surface area contributed by atoms with Crippen LogP contribution < -0.4 is 19.7 Å². The van der Waals surface area contributed by atoms with E-state index in [-0.39, 0.29) is 13.4 Å². The highest BCUT2D eigenvalue weighted by Gasteiger charge is 2.36. The van der Waals surface area contributed by atoms with Crippen molar-refractivity contribution in [3.05, 3.63) is 83.2 Å². The molecule has 0 saturated carbocycles. The van der Waals surface area contributed by atoms with Gasteiger partial charge in [-0.1, -0.05) is 12.1 Å². The fraction of sp³-hybridized carbons (Fsp3) is 0.379. The van der Waals surface area contributed by atoms with Crippen LogP contribution in [0.4, 0.5) is 5.69 Å². The van der Waals surface area contributed by atoms with Gasteiger partial charge in [-0.15, -0.1) is 0 Å². The fourth-order valence-electron chi connectivity index (χ4n) is 5.40. The van der Waals surface area contributed by atoms with Gasteiger partial charge in [0.25, 0.3) is 5.91 Å². The van der Waals surface area contributed by atoms with Crippen LogP contribution in [0.15, 0.2) is 60.9 Å². The summed E-state index contributed by atoms with van der Waals surface area (Å²) in [6.45, 7) is 4.45. The maximum atomic E-state index is 13.8. The van der Waals surface area contributed by atoms with Crippen LogP contribution in [0.1, 0.15) is 47.4 Å². The van der Waals surface area contributed by atoms with Crippen LogP contribution in [0.25, 0.3) is 0 Å². The highest BCUT2D eigenvalue weighted by atomic mass is 16.5. The SMILES string of the molecule is COc1ccc([C@@H](CCCc2ccncc2)N2Cc3c(cccc3N3CCNCC3)C2=O)cc1OC.[HH]. The van der Waals surface area contributed by atoms with E-state index in [1.807, 2.05) is 41.6 Å². The Bertz CT molecular complexity index is 1200. The number of ether oxygens (including phenoxy) is 2. The molecule has 0 aliphatic carbocycles. The highest BCUT2D eigenvalue weighted by molar-refractivity contribution is 6.00. The molecule has 2 aromatic carbocycles. The first kappa shape index (κ1) is 24.1. The van der Waals surface area contributed by atoms with E-state index >= 15 is 0 Å². The largest absolute Gasteiger partial charge is 0.493 e. The predicted octanol–water partition coefficient (Wildman–Crippen LogP) is 4.47. The zero-order valence-corrected chi connectivity index (χ0v) is 21.1. The van der Waals surface area contributed by atoms with Gasteiger partial charge in [0.1, 0.15) is 0 Å². The molecule has 1 atom stereocenters. The zero-order valence-electron chi connectivity index (χ0n) is 21.1. The van der Waals surface area contributed by atoms with Gasteiger partial charge in [-0.3, -0.25) is 9.78 Å². The molecule has 0 bridgehead atoms. The zero-order chi connectivity index (χ0) is 24.9. The number of pyridine rings is 1. The summed E-state index contributed by atoms with van der Waals surface area (Å²) in [5.74, 6) is 1.47. The third-order valence-corrected chi connectivity index (χ3v) is 7.29. The predicted molar refractivity (Wildman–Crippen MR) is 143 cm³/mol. The number of aryl methyl sites for hydroxylation is 1. The molecule has 1 fully saturated rings. The minimum Gasteiger partial charge on any atom is -0.493 e. The summed E-state index contributed by atoms with van der Waals surface area (Å²) in [6.07, 6.45) is 6.40. The standard InChI is InChI=1S/C29H34N4O3.H2/c1-35-27-10-9-22(19-28(27)36-2)25(7-3-5-21-11-13-30-14-12-21)33-20-24-23(29(33)34)6-4-8-26(24)32-17-15-31-16-18-32;/h4,6,8-14,19,25,31H,3,5,7,15-18,20H2,1-2H3;1H/t25-;/m1./s1. The Kier molecular flexibility index (Phi) is 7.37. The van der Waals surface area contributed by atoms with E-state index in [0.717, 1.165) is 62.1 Å². The number of fused-ring (bicyclic) bond motifs is 1. The molecule has 1 amide bonds. The van der Waals surface area contributed by atoms with Crippen molar-refractivity contribution in [2.75, 3.05) is 45.3 Å². The first-order valence-electron chi connectivity index (χ1n) is 12.7. The van der Waals surface area contributed by atoms with Crippen LogP contribution in [0.3, 0.4) is 0 Å². The van der Waals surface area contributed by atoms with E-state index in [2.05, 4.69) is 39.5 Å². The van der Waals surface area contributed by atoms with Gasteiger partial charge in [0.15, 0.2) is 11.5 Å². The maximum Gasteiger partial charge on any atom is 0.255 e. The number of aromatic nitrogens is 1. The van der Waals surface area contributed by atoms with E-state index in [9.17, 15) is 4.79 Å². The number of nitrogens with zero attached hydrogens (tertiary/aromatic N) is 3. The van der Waals surface area contributed by atoms with Gasteiger partial charge < -0.3 is 24.6 Å². The molecule has 1 N–H and O–H groups in total. The van der Waals surface area contributed by atoms with Crippen molar-refractivity contribution in [3.63, 3.8) is 0 Å². The molecule has 7 nitrogen and oxygen atoms in total. The summed E-state index contributed by atoms with van der Waals surface area (Å²) in [6, 6.07) is 16.2. The Labute approximate surface area is 214 Å². The van der Waals surface area contributed by atoms with Gasteiger partial charge in [0, 0.05) is 63.4 Å². The van der Waals surface area contributed by atoms with E-state index in [1.54, 1.807) is 14.2 Å². The molecular weight excluding hydrogens is 452 g/mol. The first-order chi connectivity index (χ1) is 17.7. The molecule has 2 aliphatic rings. The van der Waals surface area contributed by atoms with Crippen molar-refractivity contribution in [1.29, 1.82) is 0 Å². The molecule has 0 unspecified atom stereocenters. The Morgan fingerprint density at radius 2 is 1.81 bits per heavy atom. The summed E-state index contributed by atoms with van der Waals surface area (Å²) >= 11 is 0. The van der Waals surface area contributed by atoms with Gasteiger partial charge in [0.05, 0.1) is 20.3 Å². The van der Waals surface area contributed by atoms with Gasteiger partial charge in [-0.2, -0.15) is 0 Å². The lowest BCUT2D eigenvalue weighted by atomic mass is 9.97. The molecule has 3 aromatic rings. The van der Waals surface area contributed by atoms with Gasteiger partial charge in [0.2, 0.25) is 0 Å². The first-order valence-corrected chi connectivity index (χ1v) is 12.7. The van der Waals surface area contributed by atoms with E-state index in [0.29, 0.717) is 18.0 Å². The molecule has 2 aliphatic heterocycles. The van der Waals surface area contributed by atoms with Gasteiger partial charge in [-0.05, 0) is 66.8 Å². The second-order valence-electron chi connectivity index (χ2n) is 9.35. The van der Waals surface area contributed by atoms with Gasteiger partial charge >= 0.3 is 0 Å². The summed E-state index contributed by atoms with van der Waals surface area (Å²) in [5.41, 5.74) is 5.47. The van der Waals surface area contributed by atoms with Crippen LogP contribution in [0, 0.1) is 0 Å². The second kappa shape index (κ2) is 11.0. The normalized spacial score (nSPS) is 16.1. The molecule has 5 rings (SSSR count). The maximum absolute atomic E-state index is 13.8. The molecule has 36 heavy (non-hydrogen) atoms. The molecule has 1 saturated heterocycles. The number of carbonyl (C=O) groups is 1. The van der Waals surface area contributed by atoms with Crippen LogP contribution in [0.2, 0.25) is 0 Å². The third kappa shape index (κ3) is 4.88. The molecule has 0 radical (unpaired) electrons. The van der Waals surface area contributed by atoms with Crippen molar-refractivity contribution in [3.8, 4) is 11.5 Å². The lowest BCUT2D eigenvalue weighted by Gasteiger charge is -2.32. The van der Waals surface area contributed by atoms with Crippen molar-refractivity contribution < 1.29 is 15.7 Å². The number of hydrogen-bond acceptors (Lipinski definition) is 6. The fourth-order valence-corrected chi connectivity index (χ4v) is 5.40. The number of piperazine rings is 1. The van der Waals surface area contributed by atoms with Crippen LogP contribution in [0.5, 0.6) is 11.5 Å². The Morgan fingerprint density at radius 1 is 1.03 bits per heavy atom. The molecular formula is C29H36N4O3. The third-order valence-electron chi connectivity index (χ3n) is 7.29. The van der Waals surface area contributed by atoms with E-state index in [1.165, 1.54) is 11.3 Å². The van der Waals surface area contributed by atoms with Gasteiger partial charge in [-0.25, -0.2) is 0 Å². The lowest BCUT2D eigenvalue weighted by molar-refractivity contribution is 0.0689. The molecule has 7 heteroatoms. The van der Waals surface area contributed by atoms with Crippen LogP contribution in [-0.4, -0.2) is 56.2 Å². The summed E-state index contributed by atoms with van der Waals surface area (Å²) in [5, 5.41) is 3.42. The van der Waals surface area contributed by atoms with Crippen LogP contribution in [-0.2, 0) is 13.0 Å². The van der Waals surface area contributed by atoms with Crippen molar-refractivity contribution >= 4 is 11.6 Å².